The summed E-state index contributed by atoms with van der Waals surface area (Å²) in [5.74, 6) is -0.872. The molecule has 0 spiro atoms. The number of rotatable bonds is 3. The Balaban J connectivity index is 1.71. The van der Waals surface area contributed by atoms with Crippen LogP contribution in [-0.2, 0) is 14.6 Å². The Morgan fingerprint density at radius 3 is 2.76 bits per heavy atom. The molecule has 25 heavy (non-hydrogen) atoms. The molecule has 1 N–H and O–H groups in total. The maximum Gasteiger partial charge on any atom is 0.229 e. The van der Waals surface area contributed by atoms with Crippen molar-refractivity contribution < 1.29 is 17.6 Å². The molecule has 1 fully saturated rings. The van der Waals surface area contributed by atoms with Crippen LogP contribution in [0.1, 0.15) is 6.42 Å². The fraction of sp³-hybridized carbons (Fsp3) is 0.250. The number of hydrogen-bond acceptors (Lipinski definition) is 5. The van der Waals surface area contributed by atoms with E-state index in [1.54, 1.807) is 22.7 Å². The Hall–Kier alpha value is -2.26. The highest BCUT2D eigenvalue weighted by molar-refractivity contribution is 7.91. The first-order chi connectivity index (χ1) is 11.9. The lowest BCUT2D eigenvalue weighted by Gasteiger charge is -2.10. The Morgan fingerprint density at radius 2 is 2.08 bits per heavy atom. The van der Waals surface area contributed by atoms with E-state index in [-0.39, 0.29) is 23.2 Å². The second-order valence-corrected chi connectivity index (χ2v) is 9.06. The van der Waals surface area contributed by atoms with Crippen LogP contribution in [0.15, 0.2) is 35.8 Å². The summed E-state index contributed by atoms with van der Waals surface area (Å²) in [6, 6.07) is 5.85. The van der Waals surface area contributed by atoms with Crippen molar-refractivity contribution in [2.45, 2.75) is 6.42 Å². The molecule has 2 aromatic heterocycles. The van der Waals surface area contributed by atoms with Gasteiger partial charge in [0, 0.05) is 17.1 Å². The zero-order chi connectivity index (χ0) is 17.6. The Kier molecular flexibility index (Phi) is 3.84. The average molecular weight is 379 g/mol. The summed E-state index contributed by atoms with van der Waals surface area (Å²) in [7, 11) is -3.14. The van der Waals surface area contributed by atoms with E-state index in [1.807, 2.05) is 5.38 Å². The fourth-order valence-electron chi connectivity index (χ4n) is 2.93. The third kappa shape index (κ3) is 3.05. The van der Waals surface area contributed by atoms with Crippen molar-refractivity contribution >= 4 is 37.9 Å². The van der Waals surface area contributed by atoms with Gasteiger partial charge in [-0.1, -0.05) is 0 Å². The van der Waals surface area contributed by atoms with Crippen LogP contribution < -0.4 is 5.32 Å². The molecule has 1 aliphatic heterocycles. The minimum Gasteiger partial charge on any atom is -0.310 e. The maximum atomic E-state index is 13.2. The number of nitrogens with zero attached hydrogens (tertiary/aromatic N) is 2. The van der Waals surface area contributed by atoms with E-state index in [9.17, 15) is 17.6 Å². The number of fused-ring (bicyclic) bond motifs is 1. The summed E-state index contributed by atoms with van der Waals surface area (Å²) in [4.78, 5) is 17.7. The Morgan fingerprint density at radius 1 is 1.32 bits per heavy atom. The minimum atomic E-state index is -3.14. The van der Waals surface area contributed by atoms with Gasteiger partial charge in [0.2, 0.25) is 5.91 Å². The summed E-state index contributed by atoms with van der Waals surface area (Å²) in [6.45, 7) is 0. The van der Waals surface area contributed by atoms with Gasteiger partial charge in [0.25, 0.3) is 0 Å². The second kappa shape index (κ2) is 5.92. The third-order valence-electron chi connectivity index (χ3n) is 4.22. The number of anilines is 1. The monoisotopic (exact) mass is 379 g/mol. The molecular formula is C16H14FN3O3S2. The molecule has 0 aliphatic carbocycles. The number of aromatic nitrogens is 2. The van der Waals surface area contributed by atoms with Crippen LogP contribution in [0.3, 0.4) is 0 Å². The van der Waals surface area contributed by atoms with Crippen molar-refractivity contribution in [2.24, 2.45) is 5.92 Å². The van der Waals surface area contributed by atoms with Crippen molar-refractivity contribution in [2.75, 3.05) is 16.8 Å². The minimum absolute atomic E-state index is 0.0379. The van der Waals surface area contributed by atoms with Crippen LogP contribution in [0, 0.1) is 11.7 Å². The lowest BCUT2D eigenvalue weighted by atomic mass is 10.1. The molecule has 1 amide bonds. The van der Waals surface area contributed by atoms with E-state index in [2.05, 4.69) is 10.3 Å². The molecule has 3 aromatic rings. The quantitative estimate of drug-likeness (QED) is 0.758. The summed E-state index contributed by atoms with van der Waals surface area (Å²) < 4.78 is 38.1. The number of thiazole rings is 1. The standard InChI is InChI=1S/C16H14FN3O3S2/c17-12-3-1-10(2-4-12)13-14(20-6-7-24-16(20)18-13)19-15(21)11-5-8-25(22,23)9-11/h1-4,6-7,11H,5,8-9H2,(H,19,21). The van der Waals surface area contributed by atoms with Crippen LogP contribution in [0.25, 0.3) is 16.2 Å². The smallest absolute Gasteiger partial charge is 0.229 e. The second-order valence-electron chi connectivity index (χ2n) is 5.96. The number of carbonyl (C=O) groups is 1. The first-order valence-corrected chi connectivity index (χ1v) is 10.4. The van der Waals surface area contributed by atoms with Gasteiger partial charge >= 0.3 is 0 Å². The Labute approximate surface area is 147 Å². The highest BCUT2D eigenvalue weighted by Crippen LogP contribution is 2.32. The van der Waals surface area contributed by atoms with Crippen LogP contribution in [0.2, 0.25) is 0 Å². The van der Waals surface area contributed by atoms with Crippen LogP contribution in [0.5, 0.6) is 0 Å². The van der Waals surface area contributed by atoms with Gasteiger partial charge < -0.3 is 5.32 Å². The van der Waals surface area contributed by atoms with E-state index in [1.165, 1.54) is 23.5 Å². The molecule has 0 radical (unpaired) electrons. The number of halogens is 1. The predicted molar refractivity (Wildman–Crippen MR) is 93.9 cm³/mol. The SMILES string of the molecule is O=C(Nc1c(-c2ccc(F)cc2)nc2sccn12)C1CCS(=O)(=O)C1. The summed E-state index contributed by atoms with van der Waals surface area (Å²) >= 11 is 1.41. The lowest BCUT2D eigenvalue weighted by Crippen LogP contribution is -2.24. The molecule has 6 nitrogen and oxygen atoms in total. The van der Waals surface area contributed by atoms with Crippen molar-refractivity contribution in [1.82, 2.24) is 9.38 Å². The largest absolute Gasteiger partial charge is 0.310 e. The lowest BCUT2D eigenvalue weighted by molar-refractivity contribution is -0.119. The van der Waals surface area contributed by atoms with Gasteiger partial charge in [-0.05, 0) is 30.7 Å². The predicted octanol–water partition coefficient (Wildman–Crippen LogP) is 2.58. The number of nitrogens with one attached hydrogen (secondary N) is 1. The van der Waals surface area contributed by atoms with Gasteiger partial charge in [-0.25, -0.2) is 17.8 Å². The number of carbonyl (C=O) groups excluding carboxylic acids is 1. The molecule has 3 heterocycles. The number of hydrogen-bond donors (Lipinski definition) is 1. The number of amides is 1. The molecular weight excluding hydrogens is 365 g/mol. The van der Waals surface area contributed by atoms with Crippen LogP contribution in [0.4, 0.5) is 10.2 Å². The molecule has 1 aliphatic rings. The van der Waals surface area contributed by atoms with Gasteiger partial charge in [-0.3, -0.25) is 9.20 Å². The van der Waals surface area contributed by atoms with Crippen molar-refractivity contribution in [3.05, 3.63) is 41.7 Å². The first kappa shape index (κ1) is 16.2. The highest BCUT2D eigenvalue weighted by Gasteiger charge is 2.33. The van der Waals surface area contributed by atoms with E-state index in [4.69, 9.17) is 0 Å². The van der Waals surface area contributed by atoms with Crippen molar-refractivity contribution in [1.29, 1.82) is 0 Å². The molecule has 0 bridgehead atoms. The normalized spacial score (nSPS) is 19.3. The summed E-state index contributed by atoms with van der Waals surface area (Å²) in [5.41, 5.74) is 1.20. The number of sulfone groups is 1. The first-order valence-electron chi connectivity index (χ1n) is 7.66. The van der Waals surface area contributed by atoms with Crippen LogP contribution in [-0.4, -0.2) is 35.2 Å². The summed E-state index contributed by atoms with van der Waals surface area (Å²) in [6.07, 6.45) is 2.10. The zero-order valence-corrected chi connectivity index (χ0v) is 14.6. The van der Waals surface area contributed by atoms with E-state index < -0.39 is 15.8 Å². The van der Waals surface area contributed by atoms with Crippen LogP contribution >= 0.6 is 11.3 Å². The molecule has 4 rings (SSSR count). The topological polar surface area (TPSA) is 80.5 Å². The van der Waals surface area contributed by atoms with E-state index in [0.29, 0.717) is 28.5 Å². The molecule has 0 saturated carbocycles. The third-order valence-corrected chi connectivity index (χ3v) is 6.75. The highest BCUT2D eigenvalue weighted by atomic mass is 32.2. The molecule has 130 valence electrons. The average Bonchev–Trinajstić information content (AvgIpc) is 3.24. The molecule has 1 unspecified atom stereocenters. The van der Waals surface area contributed by atoms with E-state index in [0.717, 1.165) is 0 Å². The molecule has 9 heteroatoms. The number of benzene rings is 1. The van der Waals surface area contributed by atoms with Gasteiger partial charge in [0.1, 0.15) is 17.3 Å². The maximum absolute atomic E-state index is 13.2. The summed E-state index contributed by atoms with van der Waals surface area (Å²) in [5, 5.41) is 4.66. The molecule has 1 aromatic carbocycles. The van der Waals surface area contributed by atoms with Gasteiger partial charge in [0.15, 0.2) is 14.8 Å². The fourth-order valence-corrected chi connectivity index (χ4v) is 5.39. The number of imidazole rings is 1. The van der Waals surface area contributed by atoms with Gasteiger partial charge in [-0.15, -0.1) is 11.3 Å². The van der Waals surface area contributed by atoms with E-state index >= 15 is 0 Å². The van der Waals surface area contributed by atoms with Gasteiger partial charge in [-0.2, -0.15) is 0 Å². The van der Waals surface area contributed by atoms with Crippen molar-refractivity contribution in [3.63, 3.8) is 0 Å². The van der Waals surface area contributed by atoms with Gasteiger partial charge in [0.05, 0.1) is 17.4 Å². The molecule has 1 atom stereocenters. The molecule has 1 saturated heterocycles. The van der Waals surface area contributed by atoms with Crippen molar-refractivity contribution in [3.8, 4) is 11.3 Å². The zero-order valence-electron chi connectivity index (χ0n) is 13.0. The Bertz CT molecular complexity index is 1050.